The number of ketones is 1. The first-order valence-electron chi connectivity index (χ1n) is 7.37. The summed E-state index contributed by atoms with van der Waals surface area (Å²) in [4.78, 5) is 28.7. The molecule has 0 saturated heterocycles. The molecule has 0 aliphatic carbocycles. The number of hydrogen-bond acceptors (Lipinski definition) is 4. The van der Waals surface area contributed by atoms with Gasteiger partial charge in [0.05, 0.1) is 16.6 Å². The van der Waals surface area contributed by atoms with Gasteiger partial charge in [-0.25, -0.2) is 9.18 Å². The standard InChI is InChI=1S/C19H14FNO3/c1-12-10-15(13-6-3-5-9-17(13)21-12)19(23)24-11-18(22)14-7-2-4-8-16(14)20/h2-10H,11H2,1H3. The maximum Gasteiger partial charge on any atom is 0.339 e. The molecule has 5 heteroatoms. The van der Waals surface area contributed by atoms with Crippen LogP contribution in [0.5, 0.6) is 0 Å². The van der Waals surface area contributed by atoms with E-state index in [0.29, 0.717) is 22.2 Å². The Kier molecular flexibility index (Phi) is 4.33. The van der Waals surface area contributed by atoms with Crippen molar-refractivity contribution in [1.29, 1.82) is 0 Å². The first-order chi connectivity index (χ1) is 11.6. The molecule has 3 rings (SSSR count). The van der Waals surface area contributed by atoms with Gasteiger partial charge in [-0.15, -0.1) is 0 Å². The summed E-state index contributed by atoms with van der Waals surface area (Å²) >= 11 is 0. The fraction of sp³-hybridized carbons (Fsp3) is 0.105. The van der Waals surface area contributed by atoms with E-state index in [1.807, 2.05) is 6.07 Å². The van der Waals surface area contributed by atoms with E-state index in [-0.39, 0.29) is 5.56 Å². The smallest absolute Gasteiger partial charge is 0.339 e. The number of esters is 1. The maximum atomic E-state index is 13.6. The Morgan fingerprint density at radius 1 is 1.04 bits per heavy atom. The number of pyridine rings is 1. The number of aryl methyl sites for hydroxylation is 1. The highest BCUT2D eigenvalue weighted by Crippen LogP contribution is 2.19. The van der Waals surface area contributed by atoms with Crippen molar-refractivity contribution in [2.45, 2.75) is 6.92 Å². The monoisotopic (exact) mass is 323 g/mol. The van der Waals surface area contributed by atoms with Crippen molar-refractivity contribution in [2.75, 3.05) is 6.61 Å². The van der Waals surface area contributed by atoms with Gasteiger partial charge in [0.15, 0.2) is 6.61 Å². The zero-order valence-electron chi connectivity index (χ0n) is 13.0. The van der Waals surface area contributed by atoms with Crippen LogP contribution in [0.1, 0.15) is 26.4 Å². The number of nitrogens with zero attached hydrogens (tertiary/aromatic N) is 1. The van der Waals surface area contributed by atoms with Crippen molar-refractivity contribution in [3.8, 4) is 0 Å². The first kappa shape index (κ1) is 15.8. The third-order valence-corrected chi connectivity index (χ3v) is 3.57. The molecule has 0 unspecified atom stereocenters. The van der Waals surface area contributed by atoms with Crippen LogP contribution < -0.4 is 0 Å². The Hall–Kier alpha value is -3.08. The maximum absolute atomic E-state index is 13.6. The Morgan fingerprint density at radius 2 is 1.75 bits per heavy atom. The summed E-state index contributed by atoms with van der Waals surface area (Å²) in [6, 6.07) is 14.4. The van der Waals surface area contributed by atoms with Crippen molar-refractivity contribution in [3.05, 3.63) is 77.2 Å². The predicted octanol–water partition coefficient (Wildman–Crippen LogP) is 3.72. The van der Waals surface area contributed by atoms with Gasteiger partial charge in [-0.05, 0) is 31.2 Å². The molecular weight excluding hydrogens is 309 g/mol. The third kappa shape index (κ3) is 3.15. The van der Waals surface area contributed by atoms with Crippen LogP contribution in [-0.2, 0) is 4.74 Å². The zero-order chi connectivity index (χ0) is 17.1. The zero-order valence-corrected chi connectivity index (χ0v) is 13.0. The van der Waals surface area contributed by atoms with Gasteiger partial charge in [0.2, 0.25) is 5.78 Å². The van der Waals surface area contributed by atoms with Crippen LogP contribution in [0.15, 0.2) is 54.6 Å². The van der Waals surface area contributed by atoms with Crippen LogP contribution in [0.3, 0.4) is 0 Å². The predicted molar refractivity (Wildman–Crippen MR) is 87.5 cm³/mol. The van der Waals surface area contributed by atoms with Gasteiger partial charge in [0, 0.05) is 11.1 Å². The molecule has 0 saturated carbocycles. The van der Waals surface area contributed by atoms with Crippen LogP contribution in [-0.4, -0.2) is 23.3 Å². The minimum absolute atomic E-state index is 0.0962. The van der Waals surface area contributed by atoms with Crippen molar-refractivity contribution >= 4 is 22.7 Å². The van der Waals surface area contributed by atoms with E-state index in [2.05, 4.69) is 4.98 Å². The Balaban J connectivity index is 1.81. The van der Waals surface area contributed by atoms with Gasteiger partial charge in [-0.2, -0.15) is 0 Å². The highest BCUT2D eigenvalue weighted by Gasteiger charge is 2.17. The quantitative estimate of drug-likeness (QED) is 0.542. The highest BCUT2D eigenvalue weighted by molar-refractivity contribution is 6.05. The lowest BCUT2D eigenvalue weighted by atomic mass is 10.1. The highest BCUT2D eigenvalue weighted by atomic mass is 19.1. The van der Waals surface area contributed by atoms with E-state index in [9.17, 15) is 14.0 Å². The molecule has 120 valence electrons. The molecule has 1 aromatic heterocycles. The van der Waals surface area contributed by atoms with Gasteiger partial charge >= 0.3 is 5.97 Å². The fourth-order valence-electron chi connectivity index (χ4n) is 2.45. The molecule has 0 atom stereocenters. The number of carbonyl (C=O) groups is 2. The van der Waals surface area contributed by atoms with E-state index >= 15 is 0 Å². The van der Waals surface area contributed by atoms with Gasteiger partial charge in [0.1, 0.15) is 5.82 Å². The van der Waals surface area contributed by atoms with Crippen LogP contribution in [0.2, 0.25) is 0 Å². The minimum Gasteiger partial charge on any atom is -0.454 e. The molecular formula is C19H14FNO3. The molecule has 0 N–H and O–H groups in total. The molecule has 0 amide bonds. The Bertz CT molecular complexity index is 937. The number of fused-ring (bicyclic) bond motifs is 1. The van der Waals surface area contributed by atoms with Crippen LogP contribution in [0.4, 0.5) is 4.39 Å². The summed E-state index contributed by atoms with van der Waals surface area (Å²) in [6.07, 6.45) is 0. The van der Waals surface area contributed by atoms with Crippen LogP contribution >= 0.6 is 0 Å². The summed E-state index contributed by atoms with van der Waals surface area (Å²) in [7, 11) is 0. The second-order valence-corrected chi connectivity index (χ2v) is 5.31. The van der Waals surface area contributed by atoms with E-state index in [0.717, 1.165) is 0 Å². The van der Waals surface area contributed by atoms with Crippen molar-refractivity contribution in [3.63, 3.8) is 0 Å². The molecule has 0 aliphatic rings. The summed E-state index contributed by atoms with van der Waals surface area (Å²) in [5.41, 5.74) is 1.58. The molecule has 2 aromatic carbocycles. The van der Waals surface area contributed by atoms with Gasteiger partial charge in [-0.3, -0.25) is 9.78 Å². The van der Waals surface area contributed by atoms with Gasteiger partial charge in [-0.1, -0.05) is 30.3 Å². The summed E-state index contributed by atoms with van der Waals surface area (Å²) < 4.78 is 18.7. The topological polar surface area (TPSA) is 56.3 Å². The number of para-hydroxylation sites is 1. The number of hydrogen-bond donors (Lipinski definition) is 0. The summed E-state index contributed by atoms with van der Waals surface area (Å²) in [5.74, 6) is -1.86. The molecule has 24 heavy (non-hydrogen) atoms. The lowest BCUT2D eigenvalue weighted by molar-refractivity contribution is 0.0475. The summed E-state index contributed by atoms with van der Waals surface area (Å²) in [6.45, 7) is 1.25. The Labute approximate surface area is 137 Å². The second kappa shape index (κ2) is 6.58. The average molecular weight is 323 g/mol. The SMILES string of the molecule is Cc1cc(C(=O)OCC(=O)c2ccccc2F)c2ccccc2n1. The van der Waals surface area contributed by atoms with Crippen LogP contribution in [0, 0.1) is 12.7 Å². The number of Topliss-reactive ketones (excluding diaryl/α,β-unsaturated/α-hetero) is 1. The first-order valence-corrected chi connectivity index (χ1v) is 7.37. The Morgan fingerprint density at radius 3 is 2.54 bits per heavy atom. The van der Waals surface area contributed by atoms with E-state index in [4.69, 9.17) is 4.74 Å². The van der Waals surface area contributed by atoms with E-state index in [1.165, 1.54) is 18.2 Å². The van der Waals surface area contributed by atoms with E-state index < -0.39 is 24.2 Å². The molecule has 0 bridgehead atoms. The summed E-state index contributed by atoms with van der Waals surface area (Å²) in [5, 5.41) is 0.645. The lowest BCUT2D eigenvalue weighted by Gasteiger charge is -2.08. The molecule has 0 aliphatic heterocycles. The minimum atomic E-state index is -0.638. The number of carbonyl (C=O) groups excluding carboxylic acids is 2. The fourth-order valence-corrected chi connectivity index (χ4v) is 2.45. The number of benzene rings is 2. The van der Waals surface area contributed by atoms with Crippen LogP contribution in [0.25, 0.3) is 10.9 Å². The second-order valence-electron chi connectivity index (χ2n) is 5.31. The number of aromatic nitrogens is 1. The van der Waals surface area contributed by atoms with E-state index in [1.54, 1.807) is 37.3 Å². The lowest BCUT2D eigenvalue weighted by Crippen LogP contribution is -2.16. The molecule has 4 nitrogen and oxygen atoms in total. The van der Waals surface area contributed by atoms with Gasteiger partial charge < -0.3 is 4.74 Å². The molecule has 3 aromatic rings. The van der Waals surface area contributed by atoms with Gasteiger partial charge in [0.25, 0.3) is 0 Å². The number of halogens is 1. The average Bonchev–Trinajstić information content (AvgIpc) is 2.59. The molecule has 1 heterocycles. The molecule has 0 radical (unpaired) electrons. The van der Waals surface area contributed by atoms with Crippen molar-refractivity contribution in [1.82, 2.24) is 4.98 Å². The third-order valence-electron chi connectivity index (χ3n) is 3.57. The van der Waals surface area contributed by atoms with Crippen molar-refractivity contribution < 1.29 is 18.7 Å². The largest absolute Gasteiger partial charge is 0.454 e. The molecule has 0 fully saturated rings. The number of ether oxygens (including phenoxy) is 1. The van der Waals surface area contributed by atoms with Crippen molar-refractivity contribution in [2.24, 2.45) is 0 Å². The normalized spacial score (nSPS) is 10.6. The molecule has 0 spiro atoms. The number of rotatable bonds is 4.